The molecule has 39 heavy (non-hydrogen) atoms. The lowest BCUT2D eigenvalue weighted by Gasteiger charge is -2.27. The normalized spacial score (nSPS) is 19.9. The van der Waals surface area contributed by atoms with E-state index in [0.717, 1.165) is 47.8 Å². The monoisotopic (exact) mass is 523 g/mol. The smallest absolute Gasteiger partial charge is 0.255 e. The molecule has 0 N–H and O–H groups in total. The Kier molecular flexibility index (Phi) is 5.22. The lowest BCUT2D eigenvalue weighted by Crippen LogP contribution is -2.36. The third kappa shape index (κ3) is 3.76. The van der Waals surface area contributed by atoms with Gasteiger partial charge in [0.25, 0.3) is 5.56 Å². The molecule has 1 saturated carbocycles. The van der Waals surface area contributed by atoms with Crippen molar-refractivity contribution in [3.8, 4) is 22.5 Å². The van der Waals surface area contributed by atoms with Crippen LogP contribution in [-0.2, 0) is 7.05 Å². The van der Waals surface area contributed by atoms with E-state index in [0.29, 0.717) is 23.5 Å². The zero-order valence-electron chi connectivity index (χ0n) is 21.7. The van der Waals surface area contributed by atoms with E-state index in [9.17, 15) is 9.18 Å². The second kappa shape index (κ2) is 8.69. The van der Waals surface area contributed by atoms with Crippen LogP contribution in [0.25, 0.3) is 28.2 Å². The second-order valence-electron chi connectivity index (χ2n) is 10.3. The molecule has 7 rings (SSSR count). The van der Waals surface area contributed by atoms with Crippen molar-refractivity contribution >= 4 is 17.4 Å². The first-order valence-electron chi connectivity index (χ1n) is 12.8. The van der Waals surface area contributed by atoms with E-state index in [2.05, 4.69) is 25.0 Å². The van der Waals surface area contributed by atoms with Gasteiger partial charge in [0.05, 0.1) is 17.6 Å². The summed E-state index contributed by atoms with van der Waals surface area (Å²) in [4.78, 5) is 30.6. The van der Waals surface area contributed by atoms with Crippen LogP contribution in [0.4, 0.5) is 16.2 Å². The molecule has 5 heterocycles. The van der Waals surface area contributed by atoms with Crippen molar-refractivity contribution in [1.29, 1.82) is 0 Å². The number of benzene rings is 1. The maximum absolute atomic E-state index is 14.4. The van der Waals surface area contributed by atoms with E-state index in [4.69, 9.17) is 9.97 Å². The molecule has 1 saturated heterocycles. The topological polar surface area (TPSA) is 97.3 Å². The van der Waals surface area contributed by atoms with Gasteiger partial charge in [0, 0.05) is 74.6 Å². The Hall–Kier alpha value is -4.67. The fraction of sp³-hybridized carbons (Fsp3) is 0.286. The van der Waals surface area contributed by atoms with Crippen LogP contribution in [0, 0.1) is 24.6 Å². The number of rotatable bonds is 5. The minimum Gasteiger partial charge on any atom is -0.353 e. The molecule has 1 unspecified atom stereocenters. The lowest BCUT2D eigenvalue weighted by atomic mass is 10.1. The SMILES string of the molecule is Cc1nnc2c(N3C[C@@H]4C(N(C)c5nc(-c6ccncc6F)cc(=O)n5C)[C@@H]4C3)nc(-c3ccccc3)cn12. The lowest BCUT2D eigenvalue weighted by molar-refractivity contribution is 0.623. The highest BCUT2D eigenvalue weighted by molar-refractivity contribution is 5.71. The van der Waals surface area contributed by atoms with Crippen molar-refractivity contribution < 1.29 is 4.39 Å². The molecule has 2 fully saturated rings. The van der Waals surface area contributed by atoms with E-state index in [1.54, 1.807) is 7.05 Å². The van der Waals surface area contributed by atoms with Gasteiger partial charge in [-0.25, -0.2) is 14.4 Å². The minimum absolute atomic E-state index is 0.213. The summed E-state index contributed by atoms with van der Waals surface area (Å²) in [6.45, 7) is 3.55. The highest BCUT2D eigenvalue weighted by atomic mass is 19.1. The van der Waals surface area contributed by atoms with Gasteiger partial charge >= 0.3 is 0 Å². The van der Waals surface area contributed by atoms with Crippen LogP contribution in [0.5, 0.6) is 0 Å². The minimum atomic E-state index is -0.508. The van der Waals surface area contributed by atoms with Crippen LogP contribution < -0.4 is 15.4 Å². The van der Waals surface area contributed by atoms with Crippen LogP contribution in [0.1, 0.15) is 5.82 Å². The highest BCUT2D eigenvalue weighted by Gasteiger charge is 2.59. The summed E-state index contributed by atoms with van der Waals surface area (Å²) in [5.74, 6) is 2.39. The number of nitrogens with zero attached hydrogens (tertiary/aromatic N) is 9. The van der Waals surface area contributed by atoms with E-state index in [1.165, 1.54) is 22.9 Å². The van der Waals surface area contributed by atoms with E-state index < -0.39 is 5.82 Å². The van der Waals surface area contributed by atoms with Crippen molar-refractivity contribution in [1.82, 2.24) is 34.1 Å². The number of hydrogen-bond acceptors (Lipinski definition) is 8. The number of piperidine rings is 1. The van der Waals surface area contributed by atoms with Crippen LogP contribution in [0.3, 0.4) is 0 Å². The standard InChI is InChI=1S/C28H26FN9O/c1-16-33-34-27-26(31-23(15-38(16)27)17-7-5-4-6-8-17)37-13-19-20(14-37)25(19)36(3)28-32-22(11-24(39)35(28)2)18-9-10-30-12-21(18)29/h4-12,15,19-20,25H,13-14H2,1-3H3/t19-,20+,25?. The van der Waals surface area contributed by atoms with Crippen LogP contribution >= 0.6 is 0 Å². The first kappa shape index (κ1) is 23.4. The third-order valence-corrected chi connectivity index (χ3v) is 7.98. The number of anilines is 2. The molecule has 1 aliphatic carbocycles. The molecule has 0 radical (unpaired) electrons. The van der Waals surface area contributed by atoms with Crippen molar-refractivity contribution in [2.45, 2.75) is 13.0 Å². The van der Waals surface area contributed by atoms with Gasteiger partial charge in [0.1, 0.15) is 5.82 Å². The molecule has 10 nitrogen and oxygen atoms in total. The molecule has 1 aliphatic heterocycles. The summed E-state index contributed by atoms with van der Waals surface area (Å²) in [5, 5.41) is 8.72. The van der Waals surface area contributed by atoms with Gasteiger partial charge in [-0.1, -0.05) is 30.3 Å². The van der Waals surface area contributed by atoms with Crippen molar-refractivity contribution in [2.75, 3.05) is 29.9 Å². The number of halogens is 1. The molecule has 3 atom stereocenters. The first-order chi connectivity index (χ1) is 18.9. The molecule has 196 valence electrons. The van der Waals surface area contributed by atoms with Gasteiger partial charge in [-0.05, 0) is 13.0 Å². The number of fused-ring (bicyclic) bond motifs is 2. The maximum Gasteiger partial charge on any atom is 0.255 e. The molecule has 0 spiro atoms. The van der Waals surface area contributed by atoms with E-state index in [1.807, 2.05) is 54.9 Å². The van der Waals surface area contributed by atoms with Gasteiger partial charge in [-0.3, -0.25) is 18.7 Å². The first-order valence-corrected chi connectivity index (χ1v) is 12.8. The van der Waals surface area contributed by atoms with Gasteiger partial charge in [0.2, 0.25) is 11.6 Å². The van der Waals surface area contributed by atoms with Gasteiger partial charge in [-0.2, -0.15) is 0 Å². The summed E-state index contributed by atoms with van der Waals surface area (Å²) in [6.07, 6.45) is 4.61. The molecule has 2 aliphatic rings. The number of aryl methyl sites for hydroxylation is 1. The Morgan fingerprint density at radius 1 is 1.03 bits per heavy atom. The molecule has 5 aromatic rings. The zero-order valence-corrected chi connectivity index (χ0v) is 21.7. The van der Waals surface area contributed by atoms with E-state index >= 15 is 0 Å². The van der Waals surface area contributed by atoms with Crippen LogP contribution in [0.2, 0.25) is 0 Å². The summed E-state index contributed by atoms with van der Waals surface area (Å²) >= 11 is 0. The fourth-order valence-corrected chi connectivity index (χ4v) is 5.89. The van der Waals surface area contributed by atoms with Crippen molar-refractivity contribution in [3.05, 3.63) is 83.1 Å². The summed E-state index contributed by atoms with van der Waals surface area (Å²) in [6, 6.07) is 13.2. The molecule has 11 heteroatoms. The Bertz CT molecular complexity index is 1770. The molecule has 0 bridgehead atoms. The van der Waals surface area contributed by atoms with Gasteiger partial charge in [0.15, 0.2) is 11.6 Å². The molecule has 4 aromatic heterocycles. The Balaban J connectivity index is 1.17. The average Bonchev–Trinajstić information content (AvgIpc) is 3.24. The molecular weight excluding hydrogens is 497 g/mol. The van der Waals surface area contributed by atoms with Crippen LogP contribution in [-0.4, -0.2) is 60.3 Å². The predicted octanol–water partition coefficient (Wildman–Crippen LogP) is 2.97. The highest BCUT2D eigenvalue weighted by Crippen LogP contribution is 2.50. The zero-order chi connectivity index (χ0) is 26.8. The summed E-state index contributed by atoms with van der Waals surface area (Å²) in [5.41, 5.74) is 2.98. The average molecular weight is 524 g/mol. The van der Waals surface area contributed by atoms with Crippen LogP contribution in [0.15, 0.2) is 65.8 Å². The number of hydrogen-bond donors (Lipinski definition) is 0. The second-order valence-corrected chi connectivity index (χ2v) is 10.3. The third-order valence-electron chi connectivity index (χ3n) is 7.98. The molecule has 1 aromatic carbocycles. The Morgan fingerprint density at radius 2 is 1.79 bits per heavy atom. The molecule has 0 amide bonds. The molecular formula is C28H26FN9O. The Morgan fingerprint density at radius 3 is 2.54 bits per heavy atom. The Labute approximate surface area is 223 Å². The maximum atomic E-state index is 14.4. The van der Waals surface area contributed by atoms with Crippen molar-refractivity contribution in [2.24, 2.45) is 18.9 Å². The summed E-state index contributed by atoms with van der Waals surface area (Å²) < 4.78 is 17.9. The summed E-state index contributed by atoms with van der Waals surface area (Å²) in [7, 11) is 3.65. The van der Waals surface area contributed by atoms with Crippen molar-refractivity contribution in [3.63, 3.8) is 0 Å². The predicted molar refractivity (Wildman–Crippen MR) is 145 cm³/mol. The quantitative estimate of drug-likeness (QED) is 0.347. The van der Waals surface area contributed by atoms with Gasteiger partial charge in [-0.15, -0.1) is 10.2 Å². The fourth-order valence-electron chi connectivity index (χ4n) is 5.89. The number of aromatic nitrogens is 7. The largest absolute Gasteiger partial charge is 0.353 e. The number of pyridine rings is 1. The van der Waals surface area contributed by atoms with E-state index in [-0.39, 0.29) is 17.2 Å². The van der Waals surface area contributed by atoms with Gasteiger partial charge < -0.3 is 9.80 Å².